The minimum atomic E-state index is -4.85. The van der Waals surface area contributed by atoms with E-state index < -0.39 is 12.2 Å². The van der Waals surface area contributed by atoms with Gasteiger partial charge in [-0.25, -0.2) is 4.98 Å². The fourth-order valence-electron chi connectivity index (χ4n) is 0.944. The lowest BCUT2D eigenvalue weighted by Crippen LogP contribution is -2.18. The summed E-state index contributed by atoms with van der Waals surface area (Å²) in [5.74, 6) is -0.701. The van der Waals surface area contributed by atoms with Crippen molar-refractivity contribution < 1.29 is 17.9 Å². The van der Waals surface area contributed by atoms with Gasteiger partial charge in [-0.15, -0.1) is 13.2 Å². The quantitative estimate of drug-likeness (QED) is 0.907. The van der Waals surface area contributed by atoms with Gasteiger partial charge in [0.05, 0.1) is 15.7 Å². The van der Waals surface area contributed by atoms with Crippen molar-refractivity contribution in [3.05, 3.63) is 21.8 Å². The predicted molar refractivity (Wildman–Crippen MR) is 51.2 cm³/mol. The molecule has 1 aromatic heterocycles. The van der Waals surface area contributed by atoms with Crippen LogP contribution in [0.15, 0.2) is 10.5 Å². The second-order valence-electron chi connectivity index (χ2n) is 2.63. The average Bonchev–Trinajstić information content (AvgIpc) is 2.18. The largest absolute Gasteiger partial charge is 0.574 e. The SMILES string of the molecule is N#Cc1cc(OC(F)(F)F)nc(CN)c1Br. The summed E-state index contributed by atoms with van der Waals surface area (Å²) in [5.41, 5.74) is 5.37. The second-order valence-corrected chi connectivity index (χ2v) is 3.43. The van der Waals surface area contributed by atoms with Crippen LogP contribution >= 0.6 is 15.9 Å². The maximum atomic E-state index is 11.9. The van der Waals surface area contributed by atoms with Gasteiger partial charge < -0.3 is 10.5 Å². The molecule has 4 nitrogen and oxygen atoms in total. The van der Waals surface area contributed by atoms with Crippen LogP contribution < -0.4 is 10.5 Å². The molecule has 0 spiro atoms. The van der Waals surface area contributed by atoms with E-state index in [2.05, 4.69) is 25.7 Å². The number of hydrogen-bond acceptors (Lipinski definition) is 4. The Labute approximate surface area is 97.0 Å². The number of alkyl halides is 3. The van der Waals surface area contributed by atoms with Crippen LogP contribution in [0, 0.1) is 11.3 Å². The van der Waals surface area contributed by atoms with Crippen LogP contribution in [0.4, 0.5) is 13.2 Å². The summed E-state index contributed by atoms with van der Waals surface area (Å²) in [4.78, 5) is 3.52. The van der Waals surface area contributed by atoms with E-state index in [0.717, 1.165) is 6.07 Å². The molecule has 0 saturated carbocycles. The molecule has 0 fully saturated rings. The summed E-state index contributed by atoms with van der Waals surface area (Å²) in [5, 5.41) is 8.68. The van der Waals surface area contributed by atoms with Gasteiger partial charge in [-0.1, -0.05) is 0 Å². The molecular formula is C8H5BrF3N3O. The van der Waals surface area contributed by atoms with E-state index in [1.165, 1.54) is 0 Å². The van der Waals surface area contributed by atoms with Crippen molar-refractivity contribution in [2.75, 3.05) is 0 Å². The molecule has 2 N–H and O–H groups in total. The molecule has 0 bridgehead atoms. The fourth-order valence-corrected chi connectivity index (χ4v) is 1.40. The van der Waals surface area contributed by atoms with E-state index in [0.29, 0.717) is 0 Å². The molecule has 0 saturated heterocycles. The summed E-state index contributed by atoms with van der Waals surface area (Å²) in [6.45, 7) is -0.107. The van der Waals surface area contributed by atoms with Crippen LogP contribution in [-0.2, 0) is 6.54 Å². The lowest BCUT2D eigenvalue weighted by molar-refractivity contribution is -0.276. The fraction of sp³-hybridized carbons (Fsp3) is 0.250. The number of nitrogens with zero attached hydrogens (tertiary/aromatic N) is 2. The number of pyridine rings is 1. The molecule has 0 aliphatic rings. The molecule has 0 amide bonds. The minimum Gasteiger partial charge on any atom is -0.388 e. The molecule has 0 aromatic carbocycles. The molecule has 1 aromatic rings. The molecular weight excluding hydrogens is 291 g/mol. The second kappa shape index (κ2) is 4.67. The van der Waals surface area contributed by atoms with Gasteiger partial charge >= 0.3 is 6.36 Å². The average molecular weight is 296 g/mol. The molecule has 1 rings (SSSR count). The number of nitriles is 1. The van der Waals surface area contributed by atoms with E-state index in [4.69, 9.17) is 11.0 Å². The summed E-state index contributed by atoms with van der Waals surface area (Å²) < 4.78 is 39.6. The number of ether oxygens (including phenoxy) is 1. The van der Waals surface area contributed by atoms with Crippen LogP contribution in [0.3, 0.4) is 0 Å². The number of hydrogen-bond donors (Lipinski definition) is 1. The third-order valence-corrected chi connectivity index (χ3v) is 2.42. The van der Waals surface area contributed by atoms with Gasteiger partial charge in [0.15, 0.2) is 0 Å². The van der Waals surface area contributed by atoms with Crippen LogP contribution in [0.5, 0.6) is 5.88 Å². The maximum Gasteiger partial charge on any atom is 0.574 e. The first-order chi connectivity index (χ1) is 7.37. The van der Waals surface area contributed by atoms with Crippen LogP contribution in [0.1, 0.15) is 11.3 Å². The molecule has 0 unspecified atom stereocenters. The highest BCUT2D eigenvalue weighted by Crippen LogP contribution is 2.27. The van der Waals surface area contributed by atoms with Crippen molar-refractivity contribution in [2.45, 2.75) is 12.9 Å². The van der Waals surface area contributed by atoms with E-state index >= 15 is 0 Å². The van der Waals surface area contributed by atoms with Crippen molar-refractivity contribution in [3.8, 4) is 11.9 Å². The lowest BCUT2D eigenvalue weighted by Gasteiger charge is -2.10. The maximum absolute atomic E-state index is 11.9. The Morgan fingerprint density at radius 2 is 2.19 bits per heavy atom. The van der Waals surface area contributed by atoms with Gasteiger partial charge in [-0.2, -0.15) is 5.26 Å². The predicted octanol–water partition coefficient (Wildman–Crippen LogP) is 2.07. The molecule has 16 heavy (non-hydrogen) atoms. The number of nitrogens with two attached hydrogens (primary N) is 1. The van der Waals surface area contributed by atoms with Crippen molar-refractivity contribution >= 4 is 15.9 Å². The third kappa shape index (κ3) is 3.08. The Hall–Kier alpha value is -1.33. The Bertz CT molecular complexity index is 441. The molecule has 0 aliphatic carbocycles. The molecule has 86 valence electrons. The van der Waals surface area contributed by atoms with Gasteiger partial charge in [-0.3, -0.25) is 0 Å². The smallest absolute Gasteiger partial charge is 0.388 e. The highest BCUT2D eigenvalue weighted by Gasteiger charge is 2.32. The number of halogens is 4. The minimum absolute atomic E-state index is 0.0188. The van der Waals surface area contributed by atoms with E-state index in [1.54, 1.807) is 6.07 Å². The molecule has 0 atom stereocenters. The normalized spacial score (nSPS) is 11.0. The van der Waals surface area contributed by atoms with Gasteiger partial charge in [-0.05, 0) is 15.9 Å². The van der Waals surface area contributed by atoms with Gasteiger partial charge in [0.2, 0.25) is 5.88 Å². The van der Waals surface area contributed by atoms with E-state index in [1.807, 2.05) is 0 Å². The van der Waals surface area contributed by atoms with Gasteiger partial charge in [0.25, 0.3) is 0 Å². The first-order valence-corrected chi connectivity index (χ1v) is 4.72. The monoisotopic (exact) mass is 295 g/mol. The van der Waals surface area contributed by atoms with E-state index in [-0.39, 0.29) is 22.3 Å². The molecule has 1 heterocycles. The first kappa shape index (κ1) is 12.7. The topological polar surface area (TPSA) is 71.9 Å². The van der Waals surface area contributed by atoms with Crippen LogP contribution in [0.25, 0.3) is 0 Å². The zero-order valence-electron chi connectivity index (χ0n) is 7.68. The van der Waals surface area contributed by atoms with Crippen molar-refractivity contribution in [2.24, 2.45) is 5.73 Å². The van der Waals surface area contributed by atoms with E-state index in [9.17, 15) is 13.2 Å². The third-order valence-electron chi connectivity index (χ3n) is 1.54. The standard InChI is InChI=1S/C8H5BrF3N3O/c9-7-4(2-13)1-6(15-5(7)3-14)16-8(10,11)12/h1H,3,14H2. The number of rotatable bonds is 2. The van der Waals surface area contributed by atoms with Crippen LogP contribution in [0.2, 0.25) is 0 Å². The number of aromatic nitrogens is 1. The lowest BCUT2D eigenvalue weighted by atomic mass is 10.2. The summed E-state index contributed by atoms with van der Waals surface area (Å²) >= 11 is 3.01. The van der Waals surface area contributed by atoms with Crippen molar-refractivity contribution in [1.29, 1.82) is 5.26 Å². The van der Waals surface area contributed by atoms with Crippen LogP contribution in [-0.4, -0.2) is 11.3 Å². The molecule has 8 heteroatoms. The van der Waals surface area contributed by atoms with Gasteiger partial charge in [0.1, 0.15) is 6.07 Å². The highest BCUT2D eigenvalue weighted by molar-refractivity contribution is 9.10. The Kier molecular flexibility index (Phi) is 3.72. The zero-order valence-corrected chi connectivity index (χ0v) is 9.26. The summed E-state index contributed by atoms with van der Waals surface area (Å²) in [6.07, 6.45) is -4.85. The highest BCUT2D eigenvalue weighted by atomic mass is 79.9. The molecule has 0 aliphatic heterocycles. The van der Waals surface area contributed by atoms with Crippen molar-refractivity contribution in [1.82, 2.24) is 4.98 Å². The first-order valence-electron chi connectivity index (χ1n) is 3.92. The van der Waals surface area contributed by atoms with Gasteiger partial charge in [0, 0.05) is 12.6 Å². The zero-order chi connectivity index (χ0) is 12.3. The summed E-state index contributed by atoms with van der Waals surface area (Å²) in [6, 6.07) is 2.59. The Morgan fingerprint density at radius 1 is 1.56 bits per heavy atom. The molecule has 0 radical (unpaired) electrons. The summed E-state index contributed by atoms with van der Waals surface area (Å²) in [7, 11) is 0. The Morgan fingerprint density at radius 3 is 2.62 bits per heavy atom. The Balaban J connectivity index is 3.19. The van der Waals surface area contributed by atoms with Crippen molar-refractivity contribution in [3.63, 3.8) is 0 Å².